The van der Waals surface area contributed by atoms with Gasteiger partial charge < -0.3 is 15.2 Å². The SMILES string of the molecule is CN=C(NCCc1ccc(F)cc1)NCCc1nc(-c2ccc(Cl)cc2)no1. The summed E-state index contributed by atoms with van der Waals surface area (Å²) in [7, 11) is 1.71. The molecule has 0 bridgehead atoms. The number of guanidine groups is 1. The molecule has 0 amide bonds. The Morgan fingerprint density at radius 3 is 2.39 bits per heavy atom. The van der Waals surface area contributed by atoms with Crippen LogP contribution in [0.3, 0.4) is 0 Å². The van der Waals surface area contributed by atoms with Gasteiger partial charge in [0.15, 0.2) is 5.96 Å². The number of aliphatic imine (C=N–C) groups is 1. The van der Waals surface area contributed by atoms with Crippen LogP contribution in [0.1, 0.15) is 11.5 Å². The van der Waals surface area contributed by atoms with E-state index in [-0.39, 0.29) is 5.82 Å². The quantitative estimate of drug-likeness (QED) is 0.468. The van der Waals surface area contributed by atoms with Gasteiger partial charge in [0, 0.05) is 37.1 Å². The Morgan fingerprint density at radius 2 is 1.71 bits per heavy atom. The summed E-state index contributed by atoms with van der Waals surface area (Å²) >= 11 is 5.89. The molecule has 28 heavy (non-hydrogen) atoms. The van der Waals surface area contributed by atoms with Crippen molar-refractivity contribution in [2.45, 2.75) is 12.8 Å². The Hall–Kier alpha value is -2.93. The molecule has 2 N–H and O–H groups in total. The number of hydrogen-bond donors (Lipinski definition) is 2. The highest BCUT2D eigenvalue weighted by atomic mass is 35.5. The number of benzene rings is 2. The van der Waals surface area contributed by atoms with Gasteiger partial charge in [-0.15, -0.1) is 0 Å². The molecular weight excluding hydrogens is 381 g/mol. The first-order chi connectivity index (χ1) is 13.6. The average Bonchev–Trinajstić information content (AvgIpc) is 3.17. The van der Waals surface area contributed by atoms with E-state index in [0.717, 1.165) is 17.5 Å². The molecule has 0 aliphatic heterocycles. The van der Waals surface area contributed by atoms with Crippen molar-refractivity contribution in [3.63, 3.8) is 0 Å². The van der Waals surface area contributed by atoms with Crippen molar-refractivity contribution < 1.29 is 8.91 Å². The van der Waals surface area contributed by atoms with Crippen LogP contribution in [0.15, 0.2) is 58.0 Å². The monoisotopic (exact) mass is 401 g/mol. The van der Waals surface area contributed by atoms with Crippen LogP contribution in [0.2, 0.25) is 5.02 Å². The highest BCUT2D eigenvalue weighted by molar-refractivity contribution is 6.30. The summed E-state index contributed by atoms with van der Waals surface area (Å²) in [6.07, 6.45) is 1.34. The fourth-order valence-corrected chi connectivity index (χ4v) is 2.68. The molecule has 6 nitrogen and oxygen atoms in total. The zero-order valence-corrected chi connectivity index (χ0v) is 16.2. The molecule has 8 heteroatoms. The Morgan fingerprint density at radius 1 is 1.04 bits per heavy atom. The molecule has 0 aliphatic carbocycles. The normalized spacial score (nSPS) is 11.5. The molecule has 3 rings (SSSR count). The van der Waals surface area contributed by atoms with Gasteiger partial charge in [-0.1, -0.05) is 28.9 Å². The second-order valence-corrected chi connectivity index (χ2v) is 6.51. The molecular formula is C20H21ClFN5O. The molecule has 0 atom stereocenters. The van der Waals surface area contributed by atoms with Gasteiger partial charge in [-0.3, -0.25) is 4.99 Å². The maximum Gasteiger partial charge on any atom is 0.228 e. The second kappa shape index (κ2) is 9.85. The van der Waals surface area contributed by atoms with Gasteiger partial charge in [0.2, 0.25) is 11.7 Å². The van der Waals surface area contributed by atoms with E-state index in [1.54, 1.807) is 31.3 Å². The molecule has 3 aromatic rings. The lowest BCUT2D eigenvalue weighted by molar-refractivity contribution is 0.378. The minimum atomic E-state index is -0.227. The van der Waals surface area contributed by atoms with Crippen LogP contribution < -0.4 is 10.6 Å². The van der Waals surface area contributed by atoms with Gasteiger partial charge >= 0.3 is 0 Å². The second-order valence-electron chi connectivity index (χ2n) is 6.07. The van der Waals surface area contributed by atoms with Crippen molar-refractivity contribution in [1.82, 2.24) is 20.8 Å². The van der Waals surface area contributed by atoms with Crippen LogP contribution >= 0.6 is 11.6 Å². The molecule has 0 radical (unpaired) electrons. The molecule has 0 saturated carbocycles. The van der Waals surface area contributed by atoms with Crippen LogP contribution in [0, 0.1) is 5.82 Å². The van der Waals surface area contributed by atoms with Crippen molar-refractivity contribution in [3.05, 3.63) is 70.8 Å². The first-order valence-corrected chi connectivity index (χ1v) is 9.29. The summed E-state index contributed by atoms with van der Waals surface area (Å²) in [6, 6.07) is 13.8. The van der Waals surface area contributed by atoms with Gasteiger partial charge in [-0.2, -0.15) is 4.98 Å². The van der Waals surface area contributed by atoms with Gasteiger partial charge in [0.05, 0.1) is 0 Å². The minimum absolute atomic E-state index is 0.227. The van der Waals surface area contributed by atoms with E-state index in [2.05, 4.69) is 25.8 Å². The summed E-state index contributed by atoms with van der Waals surface area (Å²) in [6.45, 7) is 1.28. The largest absolute Gasteiger partial charge is 0.356 e. The molecule has 0 spiro atoms. The molecule has 2 aromatic carbocycles. The molecule has 1 heterocycles. The number of halogens is 2. The molecule has 1 aromatic heterocycles. The summed E-state index contributed by atoms with van der Waals surface area (Å²) in [5, 5.41) is 11.1. The Balaban J connectivity index is 1.42. The van der Waals surface area contributed by atoms with E-state index in [4.69, 9.17) is 16.1 Å². The Bertz CT molecular complexity index is 909. The van der Waals surface area contributed by atoms with E-state index >= 15 is 0 Å². The Labute approximate surface area is 167 Å². The smallest absolute Gasteiger partial charge is 0.228 e. The third-order valence-electron chi connectivity index (χ3n) is 4.04. The number of hydrogen-bond acceptors (Lipinski definition) is 4. The summed E-state index contributed by atoms with van der Waals surface area (Å²) < 4.78 is 18.2. The first-order valence-electron chi connectivity index (χ1n) is 8.91. The lowest BCUT2D eigenvalue weighted by atomic mass is 10.1. The molecule has 146 valence electrons. The molecule has 0 aliphatic rings. The first kappa shape index (κ1) is 19.8. The van der Waals surface area contributed by atoms with Gasteiger partial charge in [0.25, 0.3) is 0 Å². The summed E-state index contributed by atoms with van der Waals surface area (Å²) in [5.74, 6) is 1.53. The van der Waals surface area contributed by atoms with Crippen molar-refractivity contribution in [3.8, 4) is 11.4 Å². The van der Waals surface area contributed by atoms with E-state index < -0.39 is 0 Å². The average molecular weight is 402 g/mol. The molecule has 0 fully saturated rings. The number of nitrogens with one attached hydrogen (secondary N) is 2. The topological polar surface area (TPSA) is 75.3 Å². The zero-order chi connectivity index (χ0) is 19.8. The highest BCUT2D eigenvalue weighted by Gasteiger charge is 2.08. The lowest BCUT2D eigenvalue weighted by Gasteiger charge is -2.11. The third kappa shape index (κ3) is 5.79. The van der Waals surface area contributed by atoms with Gasteiger partial charge in [0.1, 0.15) is 5.82 Å². The van der Waals surface area contributed by atoms with Gasteiger partial charge in [-0.25, -0.2) is 4.39 Å². The predicted octanol–water partition coefficient (Wildman–Crippen LogP) is 3.48. The zero-order valence-electron chi connectivity index (χ0n) is 15.5. The van der Waals surface area contributed by atoms with Crippen molar-refractivity contribution in [2.75, 3.05) is 20.1 Å². The van der Waals surface area contributed by atoms with E-state index in [9.17, 15) is 4.39 Å². The third-order valence-corrected chi connectivity index (χ3v) is 4.30. The minimum Gasteiger partial charge on any atom is -0.356 e. The Kier molecular flexibility index (Phi) is 6.97. The number of nitrogens with zero attached hydrogens (tertiary/aromatic N) is 3. The van der Waals surface area contributed by atoms with Crippen molar-refractivity contribution in [1.29, 1.82) is 0 Å². The highest BCUT2D eigenvalue weighted by Crippen LogP contribution is 2.18. The maximum absolute atomic E-state index is 12.9. The van der Waals surface area contributed by atoms with E-state index in [1.165, 1.54) is 12.1 Å². The van der Waals surface area contributed by atoms with E-state index in [0.29, 0.717) is 42.2 Å². The maximum atomic E-state index is 12.9. The summed E-state index contributed by atoms with van der Waals surface area (Å²) in [4.78, 5) is 8.57. The van der Waals surface area contributed by atoms with Crippen molar-refractivity contribution in [2.24, 2.45) is 4.99 Å². The summed E-state index contributed by atoms with van der Waals surface area (Å²) in [5.41, 5.74) is 1.91. The van der Waals surface area contributed by atoms with Crippen LogP contribution in [-0.4, -0.2) is 36.2 Å². The van der Waals surface area contributed by atoms with Crippen molar-refractivity contribution >= 4 is 17.6 Å². The van der Waals surface area contributed by atoms with Crippen LogP contribution in [0.4, 0.5) is 4.39 Å². The number of rotatable bonds is 7. The molecule has 0 unspecified atom stereocenters. The van der Waals surface area contributed by atoms with Crippen LogP contribution in [0.5, 0.6) is 0 Å². The van der Waals surface area contributed by atoms with Crippen LogP contribution in [-0.2, 0) is 12.8 Å². The fraction of sp³-hybridized carbons (Fsp3) is 0.250. The van der Waals surface area contributed by atoms with E-state index in [1.807, 2.05) is 12.1 Å². The standard InChI is InChI=1S/C20H21ClFN5O/c1-23-20(24-12-10-14-2-8-17(22)9-3-14)25-13-11-18-26-19(27-28-18)15-4-6-16(21)7-5-15/h2-9H,10-13H2,1H3,(H2,23,24,25). The lowest BCUT2D eigenvalue weighted by Crippen LogP contribution is -2.39. The number of aromatic nitrogens is 2. The van der Waals surface area contributed by atoms with Crippen LogP contribution in [0.25, 0.3) is 11.4 Å². The predicted molar refractivity (Wildman–Crippen MR) is 108 cm³/mol. The van der Waals surface area contributed by atoms with Gasteiger partial charge in [-0.05, 0) is 48.4 Å². The molecule has 0 saturated heterocycles. The fourth-order valence-electron chi connectivity index (χ4n) is 2.56.